The molecule has 1 aromatic heterocycles. The van der Waals surface area contributed by atoms with Gasteiger partial charge in [-0.2, -0.15) is 5.10 Å². The highest BCUT2D eigenvalue weighted by molar-refractivity contribution is 8.00. The van der Waals surface area contributed by atoms with E-state index in [4.69, 9.17) is 5.10 Å². The smallest absolute Gasteiger partial charge is 0.242 e. The molecule has 1 fully saturated rings. The summed E-state index contributed by atoms with van der Waals surface area (Å²) < 4.78 is 17.2. The van der Waals surface area contributed by atoms with E-state index in [2.05, 4.69) is 6.07 Å². The van der Waals surface area contributed by atoms with Gasteiger partial charge in [-0.1, -0.05) is 66.2 Å². The van der Waals surface area contributed by atoms with E-state index in [1.807, 2.05) is 56.3 Å². The van der Waals surface area contributed by atoms with Gasteiger partial charge in [-0.15, -0.1) is 11.8 Å². The third-order valence-corrected chi connectivity index (χ3v) is 9.51. The third-order valence-electron chi connectivity index (χ3n) is 8.28. The monoisotopic (exact) mass is 611 g/mol. The molecule has 1 atom stereocenters. The summed E-state index contributed by atoms with van der Waals surface area (Å²) in [5, 5.41) is 4.57. The molecule has 44 heavy (non-hydrogen) atoms. The van der Waals surface area contributed by atoms with Crippen LogP contribution in [0.1, 0.15) is 34.4 Å². The minimum absolute atomic E-state index is 0.0218. The van der Waals surface area contributed by atoms with Crippen LogP contribution in [0.5, 0.6) is 0 Å². The lowest BCUT2D eigenvalue weighted by Gasteiger charge is -2.35. The zero-order chi connectivity index (χ0) is 31.0. The Morgan fingerprint density at radius 1 is 0.932 bits per heavy atom. The lowest BCUT2D eigenvalue weighted by atomic mass is 9.99. The first-order valence-electron chi connectivity index (χ1n) is 14.7. The van der Waals surface area contributed by atoms with E-state index in [9.17, 15) is 14.4 Å². The molecule has 3 heterocycles. The second-order valence-electron chi connectivity index (χ2n) is 11.2. The zero-order valence-corrected chi connectivity index (χ0v) is 25.8. The first-order valence-corrected chi connectivity index (χ1v) is 15.7. The molecule has 0 bridgehead atoms. The number of amides is 3. The molecule has 3 aromatic carbocycles. The normalized spacial score (nSPS) is 17.0. The van der Waals surface area contributed by atoms with Gasteiger partial charge in [-0.25, -0.2) is 9.07 Å². The van der Waals surface area contributed by atoms with Gasteiger partial charge in [0.25, 0.3) is 0 Å². The minimum atomic E-state index is -0.552. The molecule has 0 aliphatic carbocycles. The topological polar surface area (TPSA) is 78.8 Å². The molecular formula is C34H34FN5O3S. The van der Waals surface area contributed by atoms with E-state index < -0.39 is 5.25 Å². The summed E-state index contributed by atoms with van der Waals surface area (Å²) in [4.78, 5) is 44.6. The summed E-state index contributed by atoms with van der Waals surface area (Å²) >= 11 is 1.34. The van der Waals surface area contributed by atoms with Crippen LogP contribution < -0.4 is 4.90 Å². The largest absolute Gasteiger partial charge is 0.339 e. The average molecular weight is 612 g/mol. The summed E-state index contributed by atoms with van der Waals surface area (Å²) in [6.07, 6.45) is 0. The number of nitrogens with zero attached hydrogens (tertiary/aromatic N) is 5. The molecule has 0 saturated carbocycles. The quantitative estimate of drug-likeness (QED) is 0.312. The average Bonchev–Trinajstić information content (AvgIpc) is 3.34. The molecule has 8 nitrogen and oxygen atoms in total. The molecule has 3 amide bonds. The van der Waals surface area contributed by atoms with Crippen LogP contribution in [0.25, 0.3) is 16.9 Å². The van der Waals surface area contributed by atoms with Gasteiger partial charge in [0.1, 0.15) is 18.2 Å². The lowest BCUT2D eigenvalue weighted by Crippen LogP contribution is -2.53. The first kappa shape index (κ1) is 29.6. The summed E-state index contributed by atoms with van der Waals surface area (Å²) in [6.45, 7) is 7.02. The van der Waals surface area contributed by atoms with Gasteiger partial charge in [0, 0.05) is 49.8 Å². The fourth-order valence-corrected chi connectivity index (χ4v) is 7.20. The number of carbonyl (C=O) groups excluding carboxylic acids is 3. The van der Waals surface area contributed by atoms with E-state index in [1.165, 1.54) is 29.7 Å². The van der Waals surface area contributed by atoms with E-state index in [0.717, 1.165) is 22.4 Å². The van der Waals surface area contributed by atoms with Crippen LogP contribution in [0.3, 0.4) is 0 Å². The molecule has 4 aromatic rings. The van der Waals surface area contributed by atoms with Crippen molar-refractivity contribution in [3.63, 3.8) is 0 Å². The summed E-state index contributed by atoms with van der Waals surface area (Å²) in [5.74, 6) is -0.330. The van der Waals surface area contributed by atoms with Crippen LogP contribution in [0.4, 0.5) is 10.2 Å². The van der Waals surface area contributed by atoms with Gasteiger partial charge in [-0.05, 0) is 31.5 Å². The number of carbonyl (C=O) groups is 3. The number of halogens is 1. The highest BCUT2D eigenvalue weighted by Gasteiger charge is 2.39. The standard InChI is InChI=1S/C34H34FN5O3S/c1-22-13-14-28(23(2)19-22)40-34-31(32(36-40)25-9-5-4-6-10-25)33(26-11-7-8-12-27(26)35)44-21-30(43)39(34)20-29(42)38-17-15-37(16-18-38)24(3)41/h4-14,19,33H,15-18,20-21H2,1-3H3/t33-/m0/s1. The third kappa shape index (κ3) is 5.61. The van der Waals surface area contributed by atoms with Crippen LogP contribution in [-0.4, -0.2) is 75.8 Å². The second-order valence-corrected chi connectivity index (χ2v) is 12.3. The SMILES string of the molecule is CC(=O)N1CCN(C(=O)CN2C(=O)CS[C@@H](c3ccccc3F)c3c(-c4ccccc4)nn(-c4ccc(C)cc4C)c32)CC1. The number of piperazine rings is 1. The second kappa shape index (κ2) is 12.3. The Bertz CT molecular complexity index is 1730. The Kier molecular flexibility index (Phi) is 8.27. The van der Waals surface area contributed by atoms with E-state index in [1.54, 1.807) is 32.7 Å². The molecule has 1 saturated heterocycles. The molecular weight excluding hydrogens is 577 g/mol. The zero-order valence-electron chi connectivity index (χ0n) is 25.0. The number of benzene rings is 3. The maximum absolute atomic E-state index is 15.5. The van der Waals surface area contributed by atoms with Gasteiger partial charge >= 0.3 is 0 Å². The number of rotatable bonds is 5. The molecule has 0 unspecified atom stereocenters. The minimum Gasteiger partial charge on any atom is -0.339 e. The number of hydrogen-bond donors (Lipinski definition) is 0. The summed E-state index contributed by atoms with van der Waals surface area (Å²) in [7, 11) is 0. The molecule has 0 radical (unpaired) electrons. The van der Waals surface area contributed by atoms with Crippen molar-refractivity contribution < 1.29 is 18.8 Å². The maximum atomic E-state index is 15.5. The van der Waals surface area contributed by atoms with E-state index >= 15 is 4.39 Å². The van der Waals surface area contributed by atoms with Crippen LogP contribution in [-0.2, 0) is 14.4 Å². The first-order chi connectivity index (χ1) is 21.2. The number of anilines is 1. The number of thioether (sulfide) groups is 1. The highest BCUT2D eigenvalue weighted by Crippen LogP contribution is 2.49. The van der Waals surface area contributed by atoms with Gasteiger partial charge in [-0.3, -0.25) is 19.3 Å². The Morgan fingerprint density at radius 2 is 1.61 bits per heavy atom. The van der Waals surface area contributed by atoms with Crippen molar-refractivity contribution in [1.29, 1.82) is 0 Å². The Hall–Kier alpha value is -4.44. The van der Waals surface area contributed by atoms with E-state index in [0.29, 0.717) is 48.8 Å². The molecule has 0 spiro atoms. The fourth-order valence-electron chi connectivity index (χ4n) is 5.98. The van der Waals surface area contributed by atoms with Crippen molar-refractivity contribution in [3.05, 3.63) is 101 Å². The van der Waals surface area contributed by atoms with E-state index in [-0.39, 0.29) is 35.8 Å². The van der Waals surface area contributed by atoms with Crippen molar-refractivity contribution in [1.82, 2.24) is 19.6 Å². The number of hydrogen-bond acceptors (Lipinski definition) is 5. The summed E-state index contributed by atoms with van der Waals surface area (Å²) in [6, 6.07) is 22.3. The maximum Gasteiger partial charge on any atom is 0.242 e. The fraction of sp³-hybridized carbons (Fsp3) is 0.294. The Labute approximate surface area is 260 Å². The van der Waals surface area contributed by atoms with Crippen LogP contribution in [0, 0.1) is 19.7 Å². The molecule has 226 valence electrons. The van der Waals surface area contributed by atoms with Crippen molar-refractivity contribution in [3.8, 4) is 16.9 Å². The van der Waals surface area contributed by atoms with Crippen LogP contribution >= 0.6 is 11.8 Å². The van der Waals surface area contributed by atoms with Crippen LogP contribution in [0.15, 0.2) is 72.8 Å². The van der Waals surface area contributed by atoms with Crippen LogP contribution in [0.2, 0.25) is 0 Å². The van der Waals surface area contributed by atoms with Gasteiger partial charge in [0.15, 0.2) is 0 Å². The van der Waals surface area contributed by atoms with Gasteiger partial charge in [0.05, 0.1) is 22.4 Å². The lowest BCUT2D eigenvalue weighted by molar-refractivity contribution is -0.137. The molecule has 2 aliphatic rings. The number of aromatic nitrogens is 2. The predicted octanol–water partition coefficient (Wildman–Crippen LogP) is 5.16. The molecule has 6 rings (SSSR count). The van der Waals surface area contributed by atoms with Crippen molar-refractivity contribution in [2.45, 2.75) is 26.0 Å². The van der Waals surface area contributed by atoms with Gasteiger partial charge in [0.2, 0.25) is 17.7 Å². The molecule has 2 aliphatic heterocycles. The van der Waals surface area contributed by atoms with Crippen molar-refractivity contribution in [2.24, 2.45) is 0 Å². The molecule has 10 heteroatoms. The number of aryl methyl sites for hydroxylation is 2. The Morgan fingerprint density at radius 3 is 2.30 bits per heavy atom. The summed E-state index contributed by atoms with van der Waals surface area (Å²) in [5.41, 5.74) is 5.41. The predicted molar refractivity (Wildman–Crippen MR) is 170 cm³/mol. The Balaban J connectivity index is 1.54. The number of fused-ring (bicyclic) bond motifs is 1. The van der Waals surface area contributed by atoms with Crippen molar-refractivity contribution in [2.75, 3.05) is 43.4 Å². The molecule has 0 N–H and O–H groups in total. The van der Waals surface area contributed by atoms with Crippen molar-refractivity contribution >= 4 is 35.3 Å². The highest BCUT2D eigenvalue weighted by atomic mass is 32.2. The van der Waals surface area contributed by atoms with Gasteiger partial charge < -0.3 is 9.80 Å².